The summed E-state index contributed by atoms with van der Waals surface area (Å²) in [5, 5.41) is 3.50. The summed E-state index contributed by atoms with van der Waals surface area (Å²) in [4.78, 5) is 0. The molecule has 2 aliphatic rings. The van der Waals surface area contributed by atoms with Crippen molar-refractivity contribution in [1.82, 2.24) is 5.32 Å². The first-order chi connectivity index (χ1) is 9.51. The third-order valence-corrected chi connectivity index (χ3v) is 6.81. The molecule has 2 saturated heterocycles. The molecule has 1 spiro atoms. The van der Waals surface area contributed by atoms with Gasteiger partial charge in [-0.2, -0.15) is 0 Å². The molecule has 1 N–H and O–H groups in total. The standard InChI is InChI=1S/C16H23NO2S/c1-13-3-2-4-14(11-13)15-12-17-8-5-16(15)6-9-20(18,19)10-7-16/h2-4,11,15,17H,5-10,12H2,1H3. The number of sulfone groups is 1. The van der Waals surface area contributed by atoms with E-state index in [0.29, 0.717) is 17.4 Å². The molecule has 1 aromatic rings. The Morgan fingerprint density at radius 2 is 1.95 bits per heavy atom. The predicted molar refractivity (Wildman–Crippen MR) is 81.7 cm³/mol. The quantitative estimate of drug-likeness (QED) is 0.864. The first kappa shape index (κ1) is 14.1. The van der Waals surface area contributed by atoms with Crippen molar-refractivity contribution in [2.24, 2.45) is 5.41 Å². The minimum Gasteiger partial charge on any atom is -0.316 e. The van der Waals surface area contributed by atoms with Crippen molar-refractivity contribution in [3.63, 3.8) is 0 Å². The maximum absolute atomic E-state index is 11.8. The van der Waals surface area contributed by atoms with Gasteiger partial charge < -0.3 is 5.32 Å². The van der Waals surface area contributed by atoms with Crippen LogP contribution in [0.15, 0.2) is 24.3 Å². The summed E-state index contributed by atoms with van der Waals surface area (Å²) < 4.78 is 23.5. The van der Waals surface area contributed by atoms with Crippen LogP contribution in [-0.4, -0.2) is 33.0 Å². The average Bonchev–Trinajstić information content (AvgIpc) is 2.43. The molecule has 0 radical (unpaired) electrons. The molecule has 2 heterocycles. The summed E-state index contributed by atoms with van der Waals surface area (Å²) in [5.74, 6) is 1.19. The lowest BCUT2D eigenvalue weighted by atomic mass is 9.64. The van der Waals surface area contributed by atoms with E-state index >= 15 is 0 Å². The van der Waals surface area contributed by atoms with Gasteiger partial charge in [-0.1, -0.05) is 29.8 Å². The lowest BCUT2D eigenvalue weighted by Crippen LogP contribution is -2.47. The SMILES string of the molecule is Cc1cccc(C2CNCCC23CCS(=O)(=O)CC3)c1. The van der Waals surface area contributed by atoms with Gasteiger partial charge in [0.05, 0.1) is 11.5 Å². The minimum atomic E-state index is -2.79. The lowest BCUT2D eigenvalue weighted by Gasteiger charge is -2.47. The highest BCUT2D eigenvalue weighted by molar-refractivity contribution is 7.91. The monoisotopic (exact) mass is 293 g/mol. The predicted octanol–water partition coefficient (Wildman–Crippen LogP) is 2.27. The normalized spacial score (nSPS) is 28.4. The summed E-state index contributed by atoms with van der Waals surface area (Å²) in [7, 11) is -2.79. The number of nitrogens with one attached hydrogen (secondary N) is 1. The Balaban J connectivity index is 1.92. The highest BCUT2D eigenvalue weighted by atomic mass is 32.2. The second-order valence-corrected chi connectivity index (χ2v) is 8.74. The molecule has 110 valence electrons. The average molecular weight is 293 g/mol. The molecule has 0 bridgehead atoms. The highest BCUT2D eigenvalue weighted by Gasteiger charge is 2.45. The molecule has 0 amide bonds. The fraction of sp³-hybridized carbons (Fsp3) is 0.625. The van der Waals surface area contributed by atoms with Crippen molar-refractivity contribution in [2.45, 2.75) is 32.1 Å². The largest absolute Gasteiger partial charge is 0.316 e. The molecule has 3 rings (SSSR count). The summed E-state index contributed by atoms with van der Waals surface area (Å²) in [6.07, 6.45) is 2.76. The molecule has 0 aliphatic carbocycles. The number of rotatable bonds is 1. The van der Waals surface area contributed by atoms with Gasteiger partial charge in [-0.25, -0.2) is 8.42 Å². The molecule has 0 aromatic heterocycles. The first-order valence-corrected chi connectivity index (χ1v) is 9.31. The Bertz CT molecular complexity index is 580. The molecule has 2 aliphatic heterocycles. The zero-order chi connectivity index (χ0) is 14.2. The van der Waals surface area contributed by atoms with E-state index in [2.05, 4.69) is 36.5 Å². The van der Waals surface area contributed by atoms with E-state index < -0.39 is 9.84 Å². The molecule has 1 aromatic carbocycles. The van der Waals surface area contributed by atoms with Crippen molar-refractivity contribution in [3.05, 3.63) is 35.4 Å². The second-order valence-electron chi connectivity index (χ2n) is 6.44. The van der Waals surface area contributed by atoms with Crippen molar-refractivity contribution in [2.75, 3.05) is 24.6 Å². The highest BCUT2D eigenvalue weighted by Crippen LogP contribution is 2.48. The summed E-state index contributed by atoms with van der Waals surface area (Å²) in [5.41, 5.74) is 2.84. The van der Waals surface area contributed by atoms with Crippen molar-refractivity contribution in [3.8, 4) is 0 Å². The van der Waals surface area contributed by atoms with E-state index in [1.54, 1.807) is 0 Å². The topological polar surface area (TPSA) is 46.2 Å². The zero-order valence-electron chi connectivity index (χ0n) is 12.1. The van der Waals surface area contributed by atoms with Gasteiger partial charge >= 0.3 is 0 Å². The number of benzene rings is 1. The summed E-state index contributed by atoms with van der Waals surface area (Å²) in [6.45, 7) is 4.11. The van der Waals surface area contributed by atoms with Gasteiger partial charge in [0.1, 0.15) is 9.84 Å². The molecule has 3 nitrogen and oxygen atoms in total. The number of hydrogen-bond donors (Lipinski definition) is 1. The minimum absolute atomic E-state index is 0.185. The van der Waals surface area contributed by atoms with E-state index in [9.17, 15) is 8.42 Å². The molecule has 0 saturated carbocycles. The van der Waals surface area contributed by atoms with Crippen LogP contribution in [0.3, 0.4) is 0 Å². The smallest absolute Gasteiger partial charge is 0.150 e. The maximum atomic E-state index is 11.8. The van der Waals surface area contributed by atoms with Gasteiger partial charge in [0.15, 0.2) is 0 Å². The van der Waals surface area contributed by atoms with Crippen LogP contribution in [0.25, 0.3) is 0 Å². The maximum Gasteiger partial charge on any atom is 0.150 e. The van der Waals surface area contributed by atoms with Crippen LogP contribution in [0.2, 0.25) is 0 Å². The van der Waals surface area contributed by atoms with Crippen LogP contribution in [0.1, 0.15) is 36.3 Å². The van der Waals surface area contributed by atoms with Gasteiger partial charge in [-0.3, -0.25) is 0 Å². The summed E-state index contributed by atoms with van der Waals surface area (Å²) in [6, 6.07) is 8.71. The van der Waals surface area contributed by atoms with Gasteiger partial charge in [0.25, 0.3) is 0 Å². The van der Waals surface area contributed by atoms with Crippen LogP contribution in [0.5, 0.6) is 0 Å². The van der Waals surface area contributed by atoms with Gasteiger partial charge in [-0.15, -0.1) is 0 Å². The van der Waals surface area contributed by atoms with Crippen LogP contribution in [0.4, 0.5) is 0 Å². The van der Waals surface area contributed by atoms with Gasteiger partial charge in [0, 0.05) is 12.5 Å². The Labute approximate surface area is 121 Å². The fourth-order valence-corrected chi connectivity index (χ4v) is 5.51. The molecule has 2 fully saturated rings. The Morgan fingerprint density at radius 1 is 1.20 bits per heavy atom. The van der Waals surface area contributed by atoms with E-state index in [4.69, 9.17) is 0 Å². The van der Waals surface area contributed by atoms with Crippen molar-refractivity contribution >= 4 is 9.84 Å². The Morgan fingerprint density at radius 3 is 2.65 bits per heavy atom. The van der Waals surface area contributed by atoms with Crippen LogP contribution in [0, 0.1) is 12.3 Å². The van der Waals surface area contributed by atoms with E-state index in [-0.39, 0.29) is 5.41 Å². The summed E-state index contributed by atoms with van der Waals surface area (Å²) >= 11 is 0. The fourth-order valence-electron chi connectivity index (χ4n) is 3.88. The first-order valence-electron chi connectivity index (χ1n) is 7.49. The van der Waals surface area contributed by atoms with E-state index in [1.165, 1.54) is 11.1 Å². The number of aryl methyl sites for hydroxylation is 1. The van der Waals surface area contributed by atoms with Crippen LogP contribution < -0.4 is 5.32 Å². The van der Waals surface area contributed by atoms with Crippen LogP contribution >= 0.6 is 0 Å². The Hall–Kier alpha value is -0.870. The molecular weight excluding hydrogens is 270 g/mol. The second kappa shape index (κ2) is 5.15. The third kappa shape index (κ3) is 2.63. The van der Waals surface area contributed by atoms with Gasteiger partial charge in [-0.05, 0) is 43.7 Å². The lowest BCUT2D eigenvalue weighted by molar-refractivity contribution is 0.144. The molecule has 1 atom stereocenters. The van der Waals surface area contributed by atoms with E-state index in [0.717, 1.165) is 32.4 Å². The molecule has 20 heavy (non-hydrogen) atoms. The third-order valence-electron chi connectivity index (χ3n) is 5.15. The van der Waals surface area contributed by atoms with Crippen molar-refractivity contribution in [1.29, 1.82) is 0 Å². The number of piperidine rings is 1. The Kier molecular flexibility index (Phi) is 3.63. The van der Waals surface area contributed by atoms with Crippen molar-refractivity contribution < 1.29 is 8.42 Å². The van der Waals surface area contributed by atoms with Crippen LogP contribution in [-0.2, 0) is 9.84 Å². The number of hydrogen-bond acceptors (Lipinski definition) is 3. The zero-order valence-corrected chi connectivity index (χ0v) is 12.9. The molecular formula is C16H23NO2S. The molecule has 4 heteroatoms. The molecule has 1 unspecified atom stereocenters. The van der Waals surface area contributed by atoms with E-state index in [1.807, 2.05) is 0 Å². The van der Waals surface area contributed by atoms with Gasteiger partial charge in [0.2, 0.25) is 0 Å².